The number of halogens is 1. The number of nitrogens with zero attached hydrogens (tertiary/aromatic N) is 4. The summed E-state index contributed by atoms with van der Waals surface area (Å²) in [5.74, 6) is -0.466. The summed E-state index contributed by atoms with van der Waals surface area (Å²) in [4.78, 5) is 31.1. The molecule has 2 bridgehead atoms. The van der Waals surface area contributed by atoms with Gasteiger partial charge in [-0.25, -0.2) is 4.39 Å². The van der Waals surface area contributed by atoms with E-state index in [1.807, 2.05) is 16.7 Å². The number of rotatable bonds is 5. The second-order valence-electron chi connectivity index (χ2n) is 8.26. The number of benzene rings is 1. The molecule has 3 heterocycles. The zero-order valence-corrected chi connectivity index (χ0v) is 16.5. The quantitative estimate of drug-likeness (QED) is 0.798. The van der Waals surface area contributed by atoms with E-state index in [1.165, 1.54) is 12.1 Å². The van der Waals surface area contributed by atoms with Crippen LogP contribution in [0.5, 0.6) is 0 Å². The van der Waals surface area contributed by atoms with E-state index < -0.39 is 12.1 Å². The van der Waals surface area contributed by atoms with E-state index in [4.69, 9.17) is 5.73 Å². The lowest BCUT2D eigenvalue weighted by molar-refractivity contribution is -0.140. The number of carbonyl (C=O) groups is 2. The number of hydrogen-bond donors (Lipinski definition) is 1. The van der Waals surface area contributed by atoms with Crippen molar-refractivity contribution in [3.63, 3.8) is 0 Å². The predicted molar refractivity (Wildman–Crippen MR) is 104 cm³/mol. The number of nitriles is 1. The van der Waals surface area contributed by atoms with Crippen LogP contribution >= 0.6 is 0 Å². The largest absolute Gasteiger partial charge is 0.330 e. The summed E-state index contributed by atoms with van der Waals surface area (Å²) < 4.78 is 13.2. The van der Waals surface area contributed by atoms with E-state index in [0.717, 1.165) is 18.4 Å². The van der Waals surface area contributed by atoms with E-state index in [1.54, 1.807) is 17.0 Å². The Bertz CT molecular complexity index is 838. The van der Waals surface area contributed by atoms with Gasteiger partial charge in [-0.3, -0.25) is 14.5 Å². The molecule has 8 heteroatoms. The van der Waals surface area contributed by atoms with Gasteiger partial charge in [0.1, 0.15) is 11.9 Å². The van der Waals surface area contributed by atoms with Crippen LogP contribution in [0.25, 0.3) is 0 Å². The Balaban J connectivity index is 1.39. The first-order valence-electron chi connectivity index (χ1n) is 10.2. The number of amides is 2. The molecule has 0 aliphatic carbocycles. The topological polar surface area (TPSA) is 93.7 Å². The molecule has 0 aromatic heterocycles. The summed E-state index contributed by atoms with van der Waals surface area (Å²) in [6.07, 6.45) is 2.23. The second kappa shape index (κ2) is 7.73. The minimum Gasteiger partial charge on any atom is -0.330 e. The van der Waals surface area contributed by atoms with Crippen LogP contribution in [0.2, 0.25) is 0 Å². The third-order valence-electron chi connectivity index (χ3n) is 6.52. The highest BCUT2D eigenvalue weighted by molar-refractivity contribution is 5.87. The molecular weight excluding hydrogens is 373 g/mol. The molecule has 0 saturated carbocycles. The Kier molecular flexibility index (Phi) is 5.28. The Morgan fingerprint density at radius 2 is 2.10 bits per heavy atom. The van der Waals surface area contributed by atoms with Crippen molar-refractivity contribution >= 4 is 11.8 Å². The third kappa shape index (κ3) is 3.49. The Morgan fingerprint density at radius 3 is 2.76 bits per heavy atom. The van der Waals surface area contributed by atoms with Gasteiger partial charge < -0.3 is 15.5 Å². The van der Waals surface area contributed by atoms with Crippen LogP contribution in [0.15, 0.2) is 24.3 Å². The summed E-state index contributed by atoms with van der Waals surface area (Å²) >= 11 is 0. The minimum absolute atomic E-state index is 0.0359. The van der Waals surface area contributed by atoms with Crippen molar-refractivity contribution in [3.05, 3.63) is 35.6 Å². The number of likely N-dealkylation sites (tertiary alicyclic amines) is 3. The van der Waals surface area contributed by atoms with Crippen molar-refractivity contribution in [2.75, 3.05) is 19.6 Å². The predicted octanol–water partition coefficient (Wildman–Crippen LogP) is 1.01. The fourth-order valence-corrected chi connectivity index (χ4v) is 5.01. The number of piperazine rings is 1. The van der Waals surface area contributed by atoms with Crippen molar-refractivity contribution in [2.24, 2.45) is 5.73 Å². The first kappa shape index (κ1) is 19.8. The third-order valence-corrected chi connectivity index (χ3v) is 6.52. The van der Waals surface area contributed by atoms with Gasteiger partial charge in [0.05, 0.1) is 24.2 Å². The lowest BCUT2D eigenvalue weighted by Gasteiger charge is -2.38. The van der Waals surface area contributed by atoms with Gasteiger partial charge in [0.15, 0.2) is 0 Å². The maximum Gasteiger partial charge on any atom is 0.241 e. The Hall–Kier alpha value is -2.50. The summed E-state index contributed by atoms with van der Waals surface area (Å²) in [6, 6.07) is 6.96. The van der Waals surface area contributed by atoms with Crippen LogP contribution in [0.3, 0.4) is 0 Å². The SMILES string of the molecule is C[C@@H](c1ccc(F)cc1)N1C(=O)[C@@H]2CC1CN2C[C@H](N)C(=O)N1CCC[C@H]1C#N. The Morgan fingerprint density at radius 1 is 1.38 bits per heavy atom. The van der Waals surface area contributed by atoms with E-state index in [9.17, 15) is 19.2 Å². The number of nitrogens with two attached hydrogens (primary N) is 1. The van der Waals surface area contributed by atoms with E-state index >= 15 is 0 Å². The molecule has 5 atom stereocenters. The van der Waals surface area contributed by atoms with Crippen molar-refractivity contribution < 1.29 is 14.0 Å². The maximum atomic E-state index is 13.2. The van der Waals surface area contributed by atoms with Crippen LogP contribution in [-0.2, 0) is 9.59 Å². The Labute approximate surface area is 169 Å². The van der Waals surface area contributed by atoms with Gasteiger partial charge in [0, 0.05) is 25.7 Å². The molecule has 3 fully saturated rings. The first-order valence-corrected chi connectivity index (χ1v) is 10.2. The van der Waals surface area contributed by atoms with Crippen molar-refractivity contribution in [1.82, 2.24) is 14.7 Å². The van der Waals surface area contributed by atoms with E-state index in [2.05, 4.69) is 6.07 Å². The van der Waals surface area contributed by atoms with Gasteiger partial charge in [0.2, 0.25) is 11.8 Å². The molecule has 4 rings (SSSR count). The summed E-state index contributed by atoms with van der Waals surface area (Å²) in [5, 5.41) is 9.20. The molecule has 1 aromatic rings. The average Bonchev–Trinajstić information content (AvgIpc) is 3.41. The smallest absolute Gasteiger partial charge is 0.241 e. The molecule has 3 aliphatic rings. The lowest BCUT2D eigenvalue weighted by atomic mass is 10.1. The summed E-state index contributed by atoms with van der Waals surface area (Å²) in [7, 11) is 0. The molecular formula is C21H26FN5O2. The standard InChI is InChI=1S/C21H26FN5O2/c1-13(14-4-6-15(22)7-5-14)27-17-9-19(21(27)29)25(11-17)12-18(24)20(28)26-8-2-3-16(26)10-23/h4-7,13,16-19H,2-3,8-9,11-12,24H2,1H3/t13-,16-,17?,18-,19-/m0/s1. The van der Waals surface area contributed by atoms with Crippen LogP contribution in [0.1, 0.15) is 37.8 Å². The van der Waals surface area contributed by atoms with Crippen LogP contribution < -0.4 is 5.73 Å². The van der Waals surface area contributed by atoms with Crippen LogP contribution in [0, 0.1) is 17.1 Å². The highest BCUT2D eigenvalue weighted by Crippen LogP contribution is 2.38. The molecule has 7 nitrogen and oxygen atoms in total. The highest BCUT2D eigenvalue weighted by atomic mass is 19.1. The summed E-state index contributed by atoms with van der Waals surface area (Å²) in [5.41, 5.74) is 7.07. The highest BCUT2D eigenvalue weighted by Gasteiger charge is 2.51. The molecule has 0 radical (unpaired) electrons. The van der Waals surface area contributed by atoms with E-state index in [-0.39, 0.29) is 35.8 Å². The fraction of sp³-hybridized carbons (Fsp3) is 0.571. The fourth-order valence-electron chi connectivity index (χ4n) is 5.01. The zero-order chi connectivity index (χ0) is 20.7. The maximum absolute atomic E-state index is 13.2. The molecule has 3 saturated heterocycles. The second-order valence-corrected chi connectivity index (χ2v) is 8.26. The van der Waals surface area contributed by atoms with Crippen LogP contribution in [-0.4, -0.2) is 70.3 Å². The first-order chi connectivity index (χ1) is 13.9. The van der Waals surface area contributed by atoms with Gasteiger partial charge in [-0.05, 0) is 43.9 Å². The number of hydrogen-bond acceptors (Lipinski definition) is 5. The molecule has 2 amide bonds. The normalized spacial score (nSPS) is 28.6. The van der Waals surface area contributed by atoms with Gasteiger partial charge in [-0.2, -0.15) is 5.26 Å². The zero-order valence-electron chi connectivity index (χ0n) is 16.5. The van der Waals surface area contributed by atoms with Crippen molar-refractivity contribution in [1.29, 1.82) is 5.26 Å². The van der Waals surface area contributed by atoms with Gasteiger partial charge in [-0.15, -0.1) is 0 Å². The van der Waals surface area contributed by atoms with Gasteiger partial charge in [0.25, 0.3) is 0 Å². The summed E-state index contributed by atoms with van der Waals surface area (Å²) in [6.45, 7) is 3.52. The molecule has 3 aliphatic heterocycles. The molecule has 154 valence electrons. The molecule has 1 aromatic carbocycles. The molecule has 29 heavy (non-hydrogen) atoms. The number of fused-ring (bicyclic) bond motifs is 2. The lowest BCUT2D eigenvalue weighted by Crippen LogP contribution is -2.56. The van der Waals surface area contributed by atoms with Gasteiger partial charge in [-0.1, -0.05) is 12.1 Å². The van der Waals surface area contributed by atoms with E-state index in [0.29, 0.717) is 26.1 Å². The monoisotopic (exact) mass is 399 g/mol. The van der Waals surface area contributed by atoms with Crippen molar-refractivity contribution in [2.45, 2.75) is 56.4 Å². The molecule has 0 spiro atoms. The van der Waals surface area contributed by atoms with Crippen molar-refractivity contribution in [3.8, 4) is 6.07 Å². The van der Waals surface area contributed by atoms with Crippen LogP contribution in [0.4, 0.5) is 4.39 Å². The number of carbonyl (C=O) groups excluding carboxylic acids is 2. The average molecular weight is 399 g/mol. The molecule has 1 unspecified atom stereocenters. The minimum atomic E-state index is -0.737. The molecule has 2 N–H and O–H groups in total. The van der Waals surface area contributed by atoms with Gasteiger partial charge >= 0.3 is 0 Å².